The molecule has 35 heavy (non-hydrogen) atoms. The van der Waals surface area contributed by atoms with Crippen LogP contribution in [0.5, 0.6) is 0 Å². The number of benzene rings is 4. The number of anilines is 2. The summed E-state index contributed by atoms with van der Waals surface area (Å²) < 4.78 is 34.0. The van der Waals surface area contributed by atoms with E-state index >= 15 is 0 Å². The summed E-state index contributed by atoms with van der Waals surface area (Å²) >= 11 is 6.13. The number of carbonyl (C=O) groups excluding carboxylic acids is 1. The highest BCUT2D eigenvalue weighted by Gasteiger charge is 2.27. The summed E-state index contributed by atoms with van der Waals surface area (Å²) in [5.41, 5.74) is 3.10. The molecule has 0 spiro atoms. The number of halogens is 1. The molecule has 0 saturated heterocycles. The molecular formula is C27H21ClN2O4S. The Morgan fingerprint density at radius 2 is 1.63 bits per heavy atom. The quantitative estimate of drug-likeness (QED) is 0.291. The van der Waals surface area contributed by atoms with E-state index in [2.05, 4.69) is 5.32 Å². The van der Waals surface area contributed by atoms with Gasteiger partial charge < -0.3 is 9.73 Å². The summed E-state index contributed by atoms with van der Waals surface area (Å²) in [5, 5.41) is 5.07. The standard InChI is InChI=1S/C27H21ClN2O4S/c1-18-9-12-22(13-10-18)35(32,33)30(21-6-4-5-19(28)15-21)17-27(31)29-20-11-14-24-23-7-2-3-8-25(23)34-26(24)16-20/h2-16H,17H2,1H3,(H,29,31). The molecule has 0 fully saturated rings. The second-order valence-corrected chi connectivity index (χ2v) is 10.5. The van der Waals surface area contributed by atoms with Gasteiger partial charge in [0.15, 0.2) is 0 Å². The molecule has 1 aromatic heterocycles. The fourth-order valence-corrected chi connectivity index (χ4v) is 5.52. The fraction of sp³-hybridized carbons (Fsp3) is 0.0741. The number of nitrogens with zero attached hydrogens (tertiary/aromatic N) is 1. The first kappa shape index (κ1) is 23.0. The topological polar surface area (TPSA) is 79.6 Å². The summed E-state index contributed by atoms with van der Waals surface area (Å²) in [5.74, 6) is -0.504. The van der Waals surface area contributed by atoms with Crippen LogP contribution in [0.4, 0.5) is 11.4 Å². The number of carbonyl (C=O) groups is 1. The van der Waals surface area contributed by atoms with Crippen LogP contribution in [0, 0.1) is 6.92 Å². The van der Waals surface area contributed by atoms with Crippen molar-refractivity contribution in [1.82, 2.24) is 0 Å². The molecule has 5 rings (SSSR count). The van der Waals surface area contributed by atoms with Crippen molar-refractivity contribution in [3.63, 3.8) is 0 Å². The second kappa shape index (κ2) is 9.09. The summed E-state index contributed by atoms with van der Waals surface area (Å²) in [6.07, 6.45) is 0. The number of furan rings is 1. The zero-order valence-electron chi connectivity index (χ0n) is 18.7. The number of nitrogens with one attached hydrogen (secondary N) is 1. The molecule has 0 atom stereocenters. The number of hydrogen-bond acceptors (Lipinski definition) is 4. The fourth-order valence-electron chi connectivity index (χ4n) is 3.92. The van der Waals surface area contributed by atoms with Crippen LogP contribution in [0.25, 0.3) is 21.9 Å². The molecule has 4 aromatic carbocycles. The van der Waals surface area contributed by atoms with E-state index in [1.54, 1.807) is 42.5 Å². The molecule has 8 heteroatoms. The smallest absolute Gasteiger partial charge is 0.264 e. The molecule has 0 bridgehead atoms. The van der Waals surface area contributed by atoms with Crippen molar-refractivity contribution >= 4 is 60.8 Å². The van der Waals surface area contributed by atoms with Gasteiger partial charge in [-0.05, 0) is 55.5 Å². The monoisotopic (exact) mass is 504 g/mol. The molecule has 5 aromatic rings. The molecule has 0 aliphatic heterocycles. The number of rotatable bonds is 6. The highest BCUT2D eigenvalue weighted by molar-refractivity contribution is 7.92. The Bertz CT molecular complexity index is 1660. The van der Waals surface area contributed by atoms with Gasteiger partial charge in [-0.25, -0.2) is 8.42 Å². The van der Waals surface area contributed by atoms with E-state index in [4.69, 9.17) is 16.0 Å². The third-order valence-electron chi connectivity index (χ3n) is 5.65. The third kappa shape index (κ3) is 4.60. The summed E-state index contributed by atoms with van der Waals surface area (Å²) in [6, 6.07) is 25.9. The minimum absolute atomic E-state index is 0.0829. The van der Waals surface area contributed by atoms with Crippen molar-refractivity contribution in [2.45, 2.75) is 11.8 Å². The Morgan fingerprint density at radius 3 is 2.40 bits per heavy atom. The van der Waals surface area contributed by atoms with Gasteiger partial charge in [0.1, 0.15) is 17.7 Å². The Hall–Kier alpha value is -3.81. The molecule has 0 aliphatic rings. The normalized spacial score (nSPS) is 11.6. The van der Waals surface area contributed by atoms with Crippen molar-refractivity contribution < 1.29 is 17.6 Å². The van der Waals surface area contributed by atoms with Gasteiger partial charge in [0, 0.05) is 27.5 Å². The Balaban J connectivity index is 1.45. The zero-order chi connectivity index (χ0) is 24.6. The van der Waals surface area contributed by atoms with Crippen LogP contribution in [0.15, 0.2) is 100 Å². The molecule has 6 nitrogen and oxygen atoms in total. The maximum atomic E-state index is 13.5. The van der Waals surface area contributed by atoms with E-state index < -0.39 is 22.5 Å². The van der Waals surface area contributed by atoms with Gasteiger partial charge in [-0.3, -0.25) is 9.10 Å². The minimum Gasteiger partial charge on any atom is -0.456 e. The minimum atomic E-state index is -4.03. The number of amides is 1. The van der Waals surface area contributed by atoms with E-state index in [9.17, 15) is 13.2 Å². The highest BCUT2D eigenvalue weighted by atomic mass is 35.5. The van der Waals surface area contributed by atoms with Gasteiger partial charge in [-0.15, -0.1) is 0 Å². The van der Waals surface area contributed by atoms with Crippen LogP contribution < -0.4 is 9.62 Å². The summed E-state index contributed by atoms with van der Waals surface area (Å²) in [4.78, 5) is 13.1. The van der Waals surface area contributed by atoms with Crippen LogP contribution in [0.3, 0.4) is 0 Å². The second-order valence-electron chi connectivity index (χ2n) is 8.16. The van der Waals surface area contributed by atoms with E-state index in [-0.39, 0.29) is 4.90 Å². The lowest BCUT2D eigenvalue weighted by Gasteiger charge is -2.24. The first-order valence-corrected chi connectivity index (χ1v) is 12.7. The summed E-state index contributed by atoms with van der Waals surface area (Å²) in [6.45, 7) is 1.44. The molecule has 0 aliphatic carbocycles. The molecule has 0 unspecified atom stereocenters. The van der Waals surface area contributed by atoms with Gasteiger partial charge in [-0.1, -0.05) is 53.6 Å². The van der Waals surface area contributed by atoms with E-state index in [1.807, 2.05) is 37.3 Å². The molecule has 1 heterocycles. The van der Waals surface area contributed by atoms with Crippen molar-refractivity contribution in [3.8, 4) is 0 Å². The molecule has 1 N–H and O–H groups in total. The van der Waals surface area contributed by atoms with Crippen molar-refractivity contribution in [2.75, 3.05) is 16.2 Å². The Morgan fingerprint density at radius 1 is 0.886 bits per heavy atom. The Labute approximate surface area is 207 Å². The first-order valence-electron chi connectivity index (χ1n) is 10.9. The predicted octanol–water partition coefficient (Wildman–Crippen LogP) is 6.38. The van der Waals surface area contributed by atoms with Gasteiger partial charge in [0.05, 0.1) is 10.6 Å². The van der Waals surface area contributed by atoms with Crippen molar-refractivity contribution in [2.24, 2.45) is 0 Å². The zero-order valence-corrected chi connectivity index (χ0v) is 20.3. The molecule has 0 radical (unpaired) electrons. The van der Waals surface area contributed by atoms with Gasteiger partial charge in [-0.2, -0.15) is 0 Å². The maximum Gasteiger partial charge on any atom is 0.264 e. The van der Waals surface area contributed by atoms with Crippen LogP contribution >= 0.6 is 11.6 Å². The lowest BCUT2D eigenvalue weighted by atomic mass is 10.1. The van der Waals surface area contributed by atoms with Gasteiger partial charge in [0.2, 0.25) is 5.91 Å². The lowest BCUT2D eigenvalue weighted by Crippen LogP contribution is -2.38. The SMILES string of the molecule is Cc1ccc(S(=O)(=O)N(CC(=O)Nc2ccc3c(c2)oc2ccccc23)c2cccc(Cl)c2)cc1. The maximum absolute atomic E-state index is 13.5. The van der Waals surface area contributed by atoms with E-state index in [0.717, 1.165) is 26.2 Å². The third-order valence-corrected chi connectivity index (χ3v) is 7.68. The molecule has 176 valence electrons. The van der Waals surface area contributed by atoms with Crippen LogP contribution in [-0.2, 0) is 14.8 Å². The van der Waals surface area contributed by atoms with Crippen molar-refractivity contribution in [3.05, 3.63) is 102 Å². The number of fused-ring (bicyclic) bond motifs is 3. The molecular weight excluding hydrogens is 484 g/mol. The number of aryl methyl sites for hydroxylation is 1. The molecule has 1 amide bonds. The van der Waals surface area contributed by atoms with Crippen molar-refractivity contribution in [1.29, 1.82) is 0 Å². The highest BCUT2D eigenvalue weighted by Crippen LogP contribution is 2.31. The van der Waals surface area contributed by atoms with Crippen LogP contribution in [0.2, 0.25) is 5.02 Å². The van der Waals surface area contributed by atoms with Crippen LogP contribution in [-0.4, -0.2) is 20.9 Å². The number of hydrogen-bond donors (Lipinski definition) is 1. The first-order chi connectivity index (χ1) is 16.8. The summed E-state index contributed by atoms with van der Waals surface area (Å²) in [7, 11) is -4.03. The Kier molecular flexibility index (Phi) is 5.96. The largest absolute Gasteiger partial charge is 0.456 e. The average molecular weight is 505 g/mol. The van der Waals surface area contributed by atoms with E-state index in [1.165, 1.54) is 18.2 Å². The van der Waals surface area contributed by atoms with Gasteiger partial charge >= 0.3 is 0 Å². The number of para-hydroxylation sites is 1. The lowest BCUT2D eigenvalue weighted by molar-refractivity contribution is -0.114. The van der Waals surface area contributed by atoms with E-state index in [0.29, 0.717) is 22.0 Å². The van der Waals surface area contributed by atoms with Gasteiger partial charge in [0.25, 0.3) is 10.0 Å². The number of sulfonamides is 1. The average Bonchev–Trinajstić information content (AvgIpc) is 3.20. The molecule has 0 saturated carbocycles. The van der Waals surface area contributed by atoms with Crippen LogP contribution in [0.1, 0.15) is 5.56 Å². The predicted molar refractivity (Wildman–Crippen MR) is 140 cm³/mol.